The highest BCUT2D eigenvalue weighted by molar-refractivity contribution is 6.02. The number of carbonyl (C=O) groups excluding carboxylic acids is 1. The summed E-state index contributed by atoms with van der Waals surface area (Å²) in [4.78, 5) is 26.2. The zero-order valence-electron chi connectivity index (χ0n) is 8.18. The fourth-order valence-corrected chi connectivity index (χ4v) is 1.10. The molecule has 0 aliphatic heterocycles. The zero-order valence-corrected chi connectivity index (χ0v) is 8.18. The van der Waals surface area contributed by atoms with Crippen LogP contribution in [-0.2, 0) is 0 Å². The molecule has 2 heterocycles. The van der Waals surface area contributed by atoms with Crippen LogP contribution in [0.2, 0.25) is 0 Å². The van der Waals surface area contributed by atoms with Crippen LogP contribution in [0.15, 0.2) is 41.5 Å². The summed E-state index contributed by atoms with van der Waals surface area (Å²) in [6.07, 6.45) is 3.13. The summed E-state index contributed by atoms with van der Waals surface area (Å²) in [6.45, 7) is 0. The van der Waals surface area contributed by atoms with Crippen LogP contribution in [0.25, 0.3) is 0 Å². The van der Waals surface area contributed by atoms with Crippen LogP contribution in [0.3, 0.4) is 0 Å². The molecule has 6 heteroatoms. The summed E-state index contributed by atoms with van der Waals surface area (Å²) < 4.78 is 0. The van der Waals surface area contributed by atoms with E-state index in [4.69, 9.17) is 0 Å². The second kappa shape index (κ2) is 4.35. The lowest BCUT2D eigenvalue weighted by molar-refractivity contribution is 0.102. The summed E-state index contributed by atoms with van der Waals surface area (Å²) in [5.41, 5.74) is 0.421. The average Bonchev–Trinajstić information content (AvgIpc) is 2.31. The molecular weight excluding hydrogens is 208 g/mol. The molecule has 0 fully saturated rings. The van der Waals surface area contributed by atoms with E-state index >= 15 is 0 Å². The van der Waals surface area contributed by atoms with Gasteiger partial charge in [-0.05, 0) is 18.2 Å². The molecule has 0 radical (unpaired) electrons. The lowest BCUT2D eigenvalue weighted by atomic mass is 10.3. The predicted octanol–water partition coefficient (Wildman–Crippen LogP) is 0.417. The minimum Gasteiger partial charge on any atom is -0.320 e. The third-order valence-corrected chi connectivity index (χ3v) is 1.85. The molecule has 0 saturated heterocycles. The highest BCUT2D eigenvalue weighted by Gasteiger charge is 2.06. The molecule has 0 bridgehead atoms. The number of pyridine rings is 1. The van der Waals surface area contributed by atoms with Crippen LogP contribution in [0.4, 0.5) is 5.69 Å². The molecule has 0 aliphatic rings. The Balaban J connectivity index is 2.15. The summed E-state index contributed by atoms with van der Waals surface area (Å²) in [5.74, 6) is -0.387. The van der Waals surface area contributed by atoms with Gasteiger partial charge in [0.1, 0.15) is 5.69 Å². The molecule has 80 valence electrons. The van der Waals surface area contributed by atoms with E-state index in [9.17, 15) is 9.59 Å². The molecule has 2 N–H and O–H groups in total. The van der Waals surface area contributed by atoms with Gasteiger partial charge in [-0.2, -0.15) is 5.10 Å². The van der Waals surface area contributed by atoms with Gasteiger partial charge in [-0.15, -0.1) is 0 Å². The third kappa shape index (κ3) is 2.30. The largest absolute Gasteiger partial charge is 0.320 e. The second-order valence-corrected chi connectivity index (χ2v) is 3.00. The van der Waals surface area contributed by atoms with Crippen molar-refractivity contribution >= 4 is 11.6 Å². The fraction of sp³-hybridized carbons (Fsp3) is 0. The molecule has 6 nitrogen and oxygen atoms in total. The Labute approximate surface area is 90.4 Å². The van der Waals surface area contributed by atoms with Crippen LogP contribution >= 0.6 is 0 Å². The molecule has 0 unspecified atom stereocenters. The topological polar surface area (TPSA) is 87.7 Å². The molecule has 0 spiro atoms. The number of aromatic amines is 1. The first-order valence-corrected chi connectivity index (χ1v) is 4.53. The molecule has 0 atom stereocenters. The van der Waals surface area contributed by atoms with Crippen molar-refractivity contribution in [3.05, 3.63) is 52.7 Å². The van der Waals surface area contributed by atoms with E-state index in [2.05, 4.69) is 20.5 Å². The SMILES string of the molecule is O=C(Nc1ccncc1)c1ccc(=O)[nH]n1. The van der Waals surface area contributed by atoms with Crippen molar-refractivity contribution in [2.45, 2.75) is 0 Å². The van der Waals surface area contributed by atoms with Gasteiger partial charge >= 0.3 is 0 Å². The Bertz CT molecular complexity index is 530. The maximum atomic E-state index is 11.6. The summed E-state index contributed by atoms with van der Waals surface area (Å²) in [7, 11) is 0. The maximum Gasteiger partial charge on any atom is 0.276 e. The van der Waals surface area contributed by atoms with E-state index in [1.165, 1.54) is 12.1 Å². The molecule has 0 aliphatic carbocycles. The Morgan fingerprint density at radius 3 is 2.56 bits per heavy atom. The Morgan fingerprint density at radius 2 is 1.94 bits per heavy atom. The standard InChI is InChI=1S/C10H8N4O2/c15-9-2-1-8(13-14-9)10(16)12-7-3-5-11-6-4-7/h1-6H,(H,14,15)(H,11,12,16). The van der Waals surface area contributed by atoms with Crippen LogP contribution in [0.1, 0.15) is 10.5 Å². The number of amides is 1. The molecule has 0 saturated carbocycles. The number of hydrogen-bond acceptors (Lipinski definition) is 4. The van der Waals surface area contributed by atoms with Crippen molar-refractivity contribution in [3.63, 3.8) is 0 Å². The van der Waals surface area contributed by atoms with E-state index in [1.54, 1.807) is 24.5 Å². The summed E-state index contributed by atoms with van der Waals surface area (Å²) in [6, 6.07) is 5.91. The molecule has 1 amide bonds. The van der Waals surface area contributed by atoms with Gasteiger partial charge < -0.3 is 5.32 Å². The number of H-pyrrole nitrogens is 1. The summed E-state index contributed by atoms with van der Waals surface area (Å²) >= 11 is 0. The van der Waals surface area contributed by atoms with E-state index < -0.39 is 0 Å². The number of hydrogen-bond donors (Lipinski definition) is 2. The minimum absolute atomic E-state index is 0.149. The molecule has 2 rings (SSSR count). The number of anilines is 1. The number of rotatable bonds is 2. The number of aromatic nitrogens is 3. The molecule has 0 aromatic carbocycles. The predicted molar refractivity (Wildman–Crippen MR) is 57.0 cm³/mol. The van der Waals surface area contributed by atoms with Crippen molar-refractivity contribution in [2.24, 2.45) is 0 Å². The van der Waals surface area contributed by atoms with Gasteiger partial charge in [0, 0.05) is 24.1 Å². The quantitative estimate of drug-likeness (QED) is 0.761. The lowest BCUT2D eigenvalue weighted by Crippen LogP contribution is -2.17. The van der Waals surface area contributed by atoms with Gasteiger partial charge in [0.25, 0.3) is 11.5 Å². The first-order valence-electron chi connectivity index (χ1n) is 4.53. The van der Waals surface area contributed by atoms with Crippen LogP contribution < -0.4 is 10.9 Å². The number of nitrogens with zero attached hydrogens (tertiary/aromatic N) is 2. The molecular formula is C10H8N4O2. The van der Waals surface area contributed by atoms with Crippen molar-refractivity contribution in [1.82, 2.24) is 15.2 Å². The van der Waals surface area contributed by atoms with E-state index in [1.807, 2.05) is 0 Å². The number of nitrogens with one attached hydrogen (secondary N) is 2. The Morgan fingerprint density at radius 1 is 1.19 bits per heavy atom. The first kappa shape index (κ1) is 10.0. The fourth-order valence-electron chi connectivity index (χ4n) is 1.10. The van der Waals surface area contributed by atoms with E-state index in [-0.39, 0.29) is 17.2 Å². The molecule has 16 heavy (non-hydrogen) atoms. The van der Waals surface area contributed by atoms with Gasteiger partial charge in [-0.25, -0.2) is 5.10 Å². The summed E-state index contributed by atoms with van der Waals surface area (Å²) in [5, 5.41) is 8.41. The van der Waals surface area contributed by atoms with Gasteiger partial charge in [0.2, 0.25) is 0 Å². The monoisotopic (exact) mass is 216 g/mol. The van der Waals surface area contributed by atoms with Crippen LogP contribution in [-0.4, -0.2) is 21.1 Å². The maximum absolute atomic E-state index is 11.6. The van der Waals surface area contributed by atoms with Crippen LogP contribution in [0.5, 0.6) is 0 Å². The Kier molecular flexibility index (Phi) is 2.73. The highest BCUT2D eigenvalue weighted by Crippen LogP contribution is 2.04. The third-order valence-electron chi connectivity index (χ3n) is 1.85. The van der Waals surface area contributed by atoms with Crippen molar-refractivity contribution in [3.8, 4) is 0 Å². The zero-order chi connectivity index (χ0) is 11.4. The van der Waals surface area contributed by atoms with Gasteiger partial charge in [0.15, 0.2) is 0 Å². The number of carbonyl (C=O) groups is 1. The average molecular weight is 216 g/mol. The molecule has 2 aromatic rings. The Hall–Kier alpha value is -2.50. The van der Waals surface area contributed by atoms with Crippen molar-refractivity contribution in [2.75, 3.05) is 5.32 Å². The van der Waals surface area contributed by atoms with E-state index in [0.717, 1.165) is 0 Å². The highest BCUT2D eigenvalue weighted by atomic mass is 16.2. The molecule has 2 aromatic heterocycles. The normalized spacial score (nSPS) is 9.75. The first-order chi connectivity index (χ1) is 7.75. The van der Waals surface area contributed by atoms with Gasteiger partial charge in [-0.3, -0.25) is 14.6 Å². The minimum atomic E-state index is -0.387. The lowest BCUT2D eigenvalue weighted by Gasteiger charge is -2.02. The van der Waals surface area contributed by atoms with E-state index in [0.29, 0.717) is 5.69 Å². The van der Waals surface area contributed by atoms with Gasteiger partial charge in [0.05, 0.1) is 0 Å². The smallest absolute Gasteiger partial charge is 0.276 e. The van der Waals surface area contributed by atoms with Crippen LogP contribution in [0, 0.1) is 0 Å². The van der Waals surface area contributed by atoms with Gasteiger partial charge in [-0.1, -0.05) is 0 Å². The van der Waals surface area contributed by atoms with Crippen molar-refractivity contribution in [1.29, 1.82) is 0 Å². The second-order valence-electron chi connectivity index (χ2n) is 3.00. The van der Waals surface area contributed by atoms with Crippen molar-refractivity contribution < 1.29 is 4.79 Å².